The number of aromatic nitrogens is 1. The standard InChI is InChI=1S/C15H18ClN3O/c1-15(2,3)19-14(20)9-18-12-6-7-17-13-8-10(16)4-5-11(12)13/h4-8H,9H2,1-3H3,(H,17,18)(H,19,20). The summed E-state index contributed by atoms with van der Waals surface area (Å²) in [6.07, 6.45) is 1.70. The molecule has 2 N–H and O–H groups in total. The number of anilines is 1. The van der Waals surface area contributed by atoms with Crippen molar-refractivity contribution in [2.45, 2.75) is 26.3 Å². The molecule has 106 valence electrons. The number of hydrogen-bond acceptors (Lipinski definition) is 3. The highest BCUT2D eigenvalue weighted by atomic mass is 35.5. The van der Waals surface area contributed by atoms with E-state index in [1.165, 1.54) is 0 Å². The SMILES string of the molecule is CC(C)(C)NC(=O)CNc1ccnc2cc(Cl)ccc12. The van der Waals surface area contributed by atoms with E-state index in [9.17, 15) is 4.79 Å². The van der Waals surface area contributed by atoms with Crippen LogP contribution in [0.3, 0.4) is 0 Å². The highest BCUT2D eigenvalue weighted by Gasteiger charge is 2.13. The second kappa shape index (κ2) is 5.67. The first-order chi connectivity index (χ1) is 9.35. The van der Waals surface area contributed by atoms with Gasteiger partial charge < -0.3 is 10.6 Å². The lowest BCUT2D eigenvalue weighted by molar-refractivity contribution is -0.120. The van der Waals surface area contributed by atoms with Gasteiger partial charge in [0.05, 0.1) is 12.1 Å². The summed E-state index contributed by atoms with van der Waals surface area (Å²) in [5, 5.41) is 7.63. The fraction of sp³-hybridized carbons (Fsp3) is 0.333. The van der Waals surface area contributed by atoms with Crippen molar-refractivity contribution in [2.75, 3.05) is 11.9 Å². The number of amides is 1. The minimum atomic E-state index is -0.230. The number of halogens is 1. The molecule has 1 aromatic heterocycles. The van der Waals surface area contributed by atoms with Crippen LogP contribution in [-0.4, -0.2) is 23.0 Å². The van der Waals surface area contributed by atoms with Gasteiger partial charge in [-0.1, -0.05) is 11.6 Å². The second-order valence-electron chi connectivity index (χ2n) is 5.67. The average molecular weight is 292 g/mol. The van der Waals surface area contributed by atoms with Crippen LogP contribution in [0, 0.1) is 0 Å². The van der Waals surface area contributed by atoms with E-state index in [0.29, 0.717) is 5.02 Å². The maximum Gasteiger partial charge on any atom is 0.239 e. The molecular weight excluding hydrogens is 274 g/mol. The summed E-state index contributed by atoms with van der Waals surface area (Å²) >= 11 is 5.95. The number of carbonyl (C=O) groups excluding carboxylic acids is 1. The molecule has 0 saturated carbocycles. The van der Waals surface area contributed by atoms with Crippen molar-refractivity contribution in [3.05, 3.63) is 35.5 Å². The maximum atomic E-state index is 11.8. The number of fused-ring (bicyclic) bond motifs is 1. The fourth-order valence-electron chi connectivity index (χ4n) is 1.91. The quantitative estimate of drug-likeness (QED) is 0.913. The van der Waals surface area contributed by atoms with Crippen LogP contribution in [0.15, 0.2) is 30.5 Å². The van der Waals surface area contributed by atoms with Crippen LogP contribution in [-0.2, 0) is 4.79 Å². The first-order valence-corrected chi connectivity index (χ1v) is 6.82. The Morgan fingerprint density at radius 2 is 2.05 bits per heavy atom. The van der Waals surface area contributed by atoms with Crippen molar-refractivity contribution < 1.29 is 4.79 Å². The molecule has 0 saturated heterocycles. The third-order valence-electron chi connectivity index (χ3n) is 2.66. The topological polar surface area (TPSA) is 54.0 Å². The van der Waals surface area contributed by atoms with Crippen LogP contribution in [0.25, 0.3) is 10.9 Å². The molecule has 0 unspecified atom stereocenters. The van der Waals surface area contributed by atoms with Crippen LogP contribution >= 0.6 is 11.6 Å². The highest BCUT2D eigenvalue weighted by Crippen LogP contribution is 2.24. The molecule has 0 bridgehead atoms. The van der Waals surface area contributed by atoms with Gasteiger partial charge in [-0.2, -0.15) is 0 Å². The van der Waals surface area contributed by atoms with E-state index in [1.54, 1.807) is 12.3 Å². The molecule has 5 heteroatoms. The van der Waals surface area contributed by atoms with Crippen molar-refractivity contribution in [3.63, 3.8) is 0 Å². The Morgan fingerprint density at radius 1 is 1.30 bits per heavy atom. The molecule has 2 aromatic rings. The van der Waals surface area contributed by atoms with E-state index in [-0.39, 0.29) is 18.0 Å². The minimum Gasteiger partial charge on any atom is -0.376 e. The van der Waals surface area contributed by atoms with Crippen molar-refractivity contribution in [2.24, 2.45) is 0 Å². The number of carbonyl (C=O) groups is 1. The zero-order valence-corrected chi connectivity index (χ0v) is 12.6. The normalized spacial score (nSPS) is 11.4. The van der Waals surface area contributed by atoms with E-state index in [1.807, 2.05) is 39.0 Å². The zero-order chi connectivity index (χ0) is 14.8. The Labute approximate surface area is 123 Å². The maximum absolute atomic E-state index is 11.8. The first-order valence-electron chi connectivity index (χ1n) is 6.44. The number of rotatable bonds is 3. The number of nitrogens with zero attached hydrogens (tertiary/aromatic N) is 1. The van der Waals surface area contributed by atoms with Crippen molar-refractivity contribution in [1.82, 2.24) is 10.3 Å². The molecule has 4 nitrogen and oxygen atoms in total. The Kier molecular flexibility index (Phi) is 4.14. The summed E-state index contributed by atoms with van der Waals surface area (Å²) < 4.78 is 0. The summed E-state index contributed by atoms with van der Waals surface area (Å²) in [5.41, 5.74) is 1.45. The number of hydrogen-bond donors (Lipinski definition) is 2. The number of nitrogens with one attached hydrogen (secondary N) is 2. The van der Waals surface area contributed by atoms with Gasteiger partial charge in [0.15, 0.2) is 0 Å². The monoisotopic (exact) mass is 291 g/mol. The van der Waals surface area contributed by atoms with E-state index in [2.05, 4.69) is 15.6 Å². The minimum absolute atomic E-state index is 0.0450. The molecule has 1 heterocycles. The Hall–Kier alpha value is -1.81. The summed E-state index contributed by atoms with van der Waals surface area (Å²) in [6, 6.07) is 7.36. The Balaban J connectivity index is 2.12. The molecule has 0 fully saturated rings. The molecule has 0 aliphatic rings. The van der Waals surface area contributed by atoms with Crippen molar-refractivity contribution >= 4 is 34.1 Å². The van der Waals surface area contributed by atoms with Gasteiger partial charge >= 0.3 is 0 Å². The predicted molar refractivity (Wildman–Crippen MR) is 83.1 cm³/mol. The van der Waals surface area contributed by atoms with Gasteiger partial charge in [0.1, 0.15) is 0 Å². The molecule has 1 aromatic carbocycles. The van der Waals surface area contributed by atoms with Crippen LogP contribution in [0.4, 0.5) is 5.69 Å². The molecular formula is C15H18ClN3O. The predicted octanol–water partition coefficient (Wildman–Crippen LogP) is 3.21. The molecule has 20 heavy (non-hydrogen) atoms. The van der Waals surface area contributed by atoms with Gasteiger partial charge in [-0.3, -0.25) is 9.78 Å². The number of benzene rings is 1. The van der Waals surface area contributed by atoms with E-state index in [4.69, 9.17) is 11.6 Å². The van der Waals surface area contributed by atoms with Gasteiger partial charge in [-0.25, -0.2) is 0 Å². The Morgan fingerprint density at radius 3 is 2.75 bits per heavy atom. The summed E-state index contributed by atoms with van der Waals surface area (Å²) in [6.45, 7) is 6.08. The lowest BCUT2D eigenvalue weighted by Gasteiger charge is -2.21. The molecule has 1 amide bonds. The Bertz CT molecular complexity index is 635. The van der Waals surface area contributed by atoms with Gasteiger partial charge in [-0.05, 0) is 45.0 Å². The summed E-state index contributed by atoms with van der Waals surface area (Å²) in [7, 11) is 0. The molecule has 0 aliphatic carbocycles. The molecule has 0 spiro atoms. The van der Waals surface area contributed by atoms with E-state index < -0.39 is 0 Å². The van der Waals surface area contributed by atoms with E-state index >= 15 is 0 Å². The number of pyridine rings is 1. The van der Waals surface area contributed by atoms with Gasteiger partial charge in [0.2, 0.25) is 5.91 Å². The van der Waals surface area contributed by atoms with Crippen LogP contribution < -0.4 is 10.6 Å². The first kappa shape index (κ1) is 14.6. The van der Waals surface area contributed by atoms with Gasteiger partial charge in [0, 0.05) is 27.8 Å². The van der Waals surface area contributed by atoms with Crippen molar-refractivity contribution in [1.29, 1.82) is 0 Å². The molecule has 0 atom stereocenters. The van der Waals surface area contributed by atoms with Crippen LogP contribution in [0.2, 0.25) is 5.02 Å². The average Bonchev–Trinajstić information content (AvgIpc) is 2.33. The lowest BCUT2D eigenvalue weighted by atomic mass is 10.1. The lowest BCUT2D eigenvalue weighted by Crippen LogP contribution is -2.43. The largest absolute Gasteiger partial charge is 0.376 e. The van der Waals surface area contributed by atoms with Gasteiger partial charge in [0.25, 0.3) is 0 Å². The molecule has 0 aliphatic heterocycles. The van der Waals surface area contributed by atoms with E-state index in [0.717, 1.165) is 16.6 Å². The van der Waals surface area contributed by atoms with Crippen LogP contribution in [0.5, 0.6) is 0 Å². The summed E-state index contributed by atoms with van der Waals surface area (Å²) in [5.74, 6) is -0.0450. The zero-order valence-electron chi connectivity index (χ0n) is 11.8. The smallest absolute Gasteiger partial charge is 0.239 e. The summed E-state index contributed by atoms with van der Waals surface area (Å²) in [4.78, 5) is 16.1. The third kappa shape index (κ3) is 3.84. The van der Waals surface area contributed by atoms with Crippen molar-refractivity contribution in [3.8, 4) is 0 Å². The third-order valence-corrected chi connectivity index (χ3v) is 2.89. The molecule has 2 rings (SSSR count). The van der Waals surface area contributed by atoms with Gasteiger partial charge in [-0.15, -0.1) is 0 Å². The van der Waals surface area contributed by atoms with Crippen LogP contribution in [0.1, 0.15) is 20.8 Å². The molecule has 0 radical (unpaired) electrons. The fourth-order valence-corrected chi connectivity index (χ4v) is 2.08. The highest BCUT2D eigenvalue weighted by molar-refractivity contribution is 6.31. The second-order valence-corrected chi connectivity index (χ2v) is 6.11.